The predicted molar refractivity (Wildman–Crippen MR) is 79.4 cm³/mol. The van der Waals surface area contributed by atoms with Gasteiger partial charge in [0.2, 0.25) is 0 Å². The molecule has 0 saturated heterocycles. The molecule has 0 fully saturated rings. The molecule has 0 aliphatic carbocycles. The first kappa shape index (κ1) is 15.6. The van der Waals surface area contributed by atoms with Crippen LogP contribution in [0.5, 0.6) is 0 Å². The van der Waals surface area contributed by atoms with E-state index in [0.717, 1.165) is 35.8 Å². The fraction of sp³-hybridized carbons (Fsp3) is 0.600. The largest absolute Gasteiger partial charge is 0.314 e. The van der Waals surface area contributed by atoms with Crippen molar-refractivity contribution in [1.29, 1.82) is 0 Å². The van der Waals surface area contributed by atoms with Crippen molar-refractivity contribution < 1.29 is 4.39 Å². The van der Waals surface area contributed by atoms with Gasteiger partial charge >= 0.3 is 0 Å². The van der Waals surface area contributed by atoms with E-state index in [0.29, 0.717) is 6.04 Å². The maximum absolute atomic E-state index is 13.3. The monoisotopic (exact) mass is 315 g/mol. The topological polar surface area (TPSA) is 12.0 Å². The van der Waals surface area contributed by atoms with Crippen molar-refractivity contribution in [2.45, 2.75) is 52.0 Å². The van der Waals surface area contributed by atoms with Crippen LogP contribution in [-0.4, -0.2) is 12.6 Å². The van der Waals surface area contributed by atoms with Gasteiger partial charge in [0, 0.05) is 10.5 Å². The Labute approximate surface area is 118 Å². The normalized spacial score (nSPS) is 12.7. The molecular weight excluding hydrogens is 293 g/mol. The lowest BCUT2D eigenvalue weighted by Crippen LogP contribution is -2.30. The molecule has 1 N–H and O–H groups in total. The van der Waals surface area contributed by atoms with Gasteiger partial charge < -0.3 is 5.32 Å². The van der Waals surface area contributed by atoms with Crippen LogP contribution in [0.2, 0.25) is 0 Å². The zero-order valence-corrected chi connectivity index (χ0v) is 12.9. The molecule has 0 spiro atoms. The van der Waals surface area contributed by atoms with E-state index in [1.54, 1.807) is 6.07 Å². The molecule has 1 atom stereocenters. The molecule has 0 radical (unpaired) electrons. The zero-order chi connectivity index (χ0) is 13.4. The lowest BCUT2D eigenvalue weighted by atomic mass is 10.0. The van der Waals surface area contributed by atoms with Crippen molar-refractivity contribution in [2.75, 3.05) is 6.54 Å². The van der Waals surface area contributed by atoms with Gasteiger partial charge in [-0.05, 0) is 56.0 Å². The number of benzene rings is 1. The average Bonchev–Trinajstić information content (AvgIpc) is 2.31. The van der Waals surface area contributed by atoms with Crippen LogP contribution in [0.4, 0.5) is 4.39 Å². The maximum atomic E-state index is 13.3. The smallest absolute Gasteiger partial charge is 0.124 e. The van der Waals surface area contributed by atoms with Crippen molar-refractivity contribution in [2.24, 2.45) is 0 Å². The second-order valence-electron chi connectivity index (χ2n) is 4.76. The summed E-state index contributed by atoms with van der Waals surface area (Å²) in [7, 11) is 0. The molecular formula is C15H23BrFN. The molecule has 0 aliphatic rings. The molecule has 0 amide bonds. The third-order valence-electron chi connectivity index (χ3n) is 3.02. The summed E-state index contributed by atoms with van der Waals surface area (Å²) in [6, 6.07) is 5.69. The zero-order valence-electron chi connectivity index (χ0n) is 11.3. The lowest BCUT2D eigenvalue weighted by molar-refractivity contribution is 0.448. The molecule has 18 heavy (non-hydrogen) atoms. The van der Waals surface area contributed by atoms with Gasteiger partial charge in [-0.25, -0.2) is 4.39 Å². The second-order valence-corrected chi connectivity index (χ2v) is 5.67. The predicted octanol–water partition coefficient (Wildman–Crippen LogP) is 4.69. The molecule has 1 unspecified atom stereocenters. The highest BCUT2D eigenvalue weighted by molar-refractivity contribution is 9.10. The highest BCUT2D eigenvalue weighted by atomic mass is 79.9. The Balaban J connectivity index is 2.49. The molecule has 1 aromatic carbocycles. The summed E-state index contributed by atoms with van der Waals surface area (Å²) in [6.45, 7) is 5.45. The van der Waals surface area contributed by atoms with Gasteiger partial charge in [-0.15, -0.1) is 0 Å². The van der Waals surface area contributed by atoms with E-state index in [-0.39, 0.29) is 5.82 Å². The maximum Gasteiger partial charge on any atom is 0.124 e. The van der Waals surface area contributed by atoms with Gasteiger partial charge in [0.05, 0.1) is 0 Å². The minimum absolute atomic E-state index is 0.159. The summed E-state index contributed by atoms with van der Waals surface area (Å²) in [5.41, 5.74) is 1.07. The van der Waals surface area contributed by atoms with Gasteiger partial charge in [-0.1, -0.05) is 36.2 Å². The second kappa shape index (κ2) is 8.65. The van der Waals surface area contributed by atoms with Crippen LogP contribution in [0.25, 0.3) is 0 Å². The van der Waals surface area contributed by atoms with Gasteiger partial charge in [-0.2, -0.15) is 0 Å². The highest BCUT2D eigenvalue weighted by Gasteiger charge is 2.07. The first-order valence-corrected chi connectivity index (χ1v) is 7.63. The molecule has 0 aromatic heterocycles. The third kappa shape index (κ3) is 5.96. The van der Waals surface area contributed by atoms with Crippen LogP contribution in [0, 0.1) is 5.82 Å². The fourth-order valence-corrected chi connectivity index (χ4v) is 2.65. The van der Waals surface area contributed by atoms with Gasteiger partial charge in [0.1, 0.15) is 5.82 Å². The summed E-state index contributed by atoms with van der Waals surface area (Å²) < 4.78 is 14.1. The standard InChI is InChI=1S/C15H23BrFN/c1-3-5-15(18-8-4-2)7-6-12-9-13(16)11-14(17)10-12/h9-11,15,18H,3-8H2,1-2H3. The number of halogens is 2. The minimum atomic E-state index is -0.159. The quantitative estimate of drug-likeness (QED) is 0.734. The number of rotatable bonds is 8. The van der Waals surface area contributed by atoms with E-state index in [1.807, 2.05) is 6.07 Å². The Morgan fingerprint density at radius 1 is 1.17 bits per heavy atom. The molecule has 1 aromatic rings. The Kier molecular flexibility index (Phi) is 7.52. The Morgan fingerprint density at radius 2 is 1.94 bits per heavy atom. The molecule has 0 saturated carbocycles. The summed E-state index contributed by atoms with van der Waals surface area (Å²) in [6.07, 6.45) is 5.54. The first-order chi connectivity index (χ1) is 8.65. The molecule has 0 bridgehead atoms. The van der Waals surface area contributed by atoms with Crippen molar-refractivity contribution in [1.82, 2.24) is 5.32 Å². The number of aryl methyl sites for hydroxylation is 1. The van der Waals surface area contributed by atoms with Crippen molar-refractivity contribution in [3.63, 3.8) is 0 Å². The van der Waals surface area contributed by atoms with Gasteiger partial charge in [0.15, 0.2) is 0 Å². The van der Waals surface area contributed by atoms with E-state index in [4.69, 9.17) is 0 Å². The molecule has 3 heteroatoms. The van der Waals surface area contributed by atoms with Crippen molar-refractivity contribution in [3.8, 4) is 0 Å². The number of nitrogens with one attached hydrogen (secondary N) is 1. The molecule has 1 rings (SSSR count). The molecule has 0 aliphatic heterocycles. The average molecular weight is 316 g/mol. The van der Waals surface area contributed by atoms with E-state index in [1.165, 1.54) is 18.9 Å². The van der Waals surface area contributed by atoms with E-state index in [9.17, 15) is 4.39 Å². The minimum Gasteiger partial charge on any atom is -0.314 e. The SMILES string of the molecule is CCCNC(CCC)CCc1cc(F)cc(Br)c1. The van der Waals surface area contributed by atoms with E-state index in [2.05, 4.69) is 35.1 Å². The van der Waals surface area contributed by atoms with Crippen LogP contribution in [-0.2, 0) is 6.42 Å². The van der Waals surface area contributed by atoms with Gasteiger partial charge in [0.25, 0.3) is 0 Å². The van der Waals surface area contributed by atoms with E-state index >= 15 is 0 Å². The van der Waals surface area contributed by atoms with Crippen LogP contribution in [0.1, 0.15) is 45.1 Å². The Morgan fingerprint density at radius 3 is 2.56 bits per heavy atom. The van der Waals surface area contributed by atoms with Crippen LogP contribution < -0.4 is 5.32 Å². The molecule has 0 heterocycles. The first-order valence-electron chi connectivity index (χ1n) is 6.84. The number of hydrogen-bond acceptors (Lipinski definition) is 1. The molecule has 102 valence electrons. The highest BCUT2D eigenvalue weighted by Crippen LogP contribution is 2.17. The third-order valence-corrected chi connectivity index (χ3v) is 3.48. The van der Waals surface area contributed by atoms with E-state index < -0.39 is 0 Å². The number of hydrogen-bond donors (Lipinski definition) is 1. The van der Waals surface area contributed by atoms with Gasteiger partial charge in [-0.3, -0.25) is 0 Å². The summed E-state index contributed by atoms with van der Waals surface area (Å²) in [5.74, 6) is -0.159. The van der Waals surface area contributed by atoms with Crippen molar-refractivity contribution >= 4 is 15.9 Å². The summed E-state index contributed by atoms with van der Waals surface area (Å²) in [5, 5.41) is 3.56. The van der Waals surface area contributed by atoms with Crippen molar-refractivity contribution in [3.05, 3.63) is 34.1 Å². The van der Waals surface area contributed by atoms with Crippen LogP contribution in [0.3, 0.4) is 0 Å². The molecule has 1 nitrogen and oxygen atoms in total. The lowest BCUT2D eigenvalue weighted by Gasteiger charge is -2.17. The summed E-state index contributed by atoms with van der Waals surface area (Å²) >= 11 is 3.34. The summed E-state index contributed by atoms with van der Waals surface area (Å²) in [4.78, 5) is 0. The Hall–Kier alpha value is -0.410. The van der Waals surface area contributed by atoms with Crippen LogP contribution >= 0.6 is 15.9 Å². The Bertz CT molecular complexity index is 334. The fourth-order valence-electron chi connectivity index (χ4n) is 2.14. The van der Waals surface area contributed by atoms with Crippen LogP contribution in [0.15, 0.2) is 22.7 Å².